The van der Waals surface area contributed by atoms with Crippen LogP contribution >= 0.6 is 0 Å². The van der Waals surface area contributed by atoms with Crippen LogP contribution in [-0.2, 0) is 17.7 Å². The standard InChI is InChI=1S/C23H33N7O2/c1-4-8-28-9-11-29(12-10-28)21(22-25-26-27-30(22)13-14-32-3)19-16-18-15-17(5-2)6-7-20(18)24-23(19)31/h6-7,15-16,21H,4-5,8-14H2,1-3H3,(H,24,31). The minimum Gasteiger partial charge on any atom is -0.383 e. The zero-order valence-corrected chi connectivity index (χ0v) is 19.3. The fourth-order valence-corrected chi connectivity index (χ4v) is 4.50. The molecule has 0 spiro atoms. The van der Waals surface area contributed by atoms with E-state index in [2.05, 4.69) is 56.3 Å². The second kappa shape index (κ2) is 10.3. The number of nitrogens with one attached hydrogen (secondary N) is 1. The molecule has 172 valence electrons. The summed E-state index contributed by atoms with van der Waals surface area (Å²) in [6.07, 6.45) is 2.09. The van der Waals surface area contributed by atoms with Gasteiger partial charge < -0.3 is 14.6 Å². The lowest BCUT2D eigenvalue weighted by molar-refractivity contribution is 0.103. The second-order valence-electron chi connectivity index (χ2n) is 8.36. The summed E-state index contributed by atoms with van der Waals surface area (Å²) in [7, 11) is 1.66. The highest BCUT2D eigenvalue weighted by atomic mass is 16.5. The van der Waals surface area contributed by atoms with Gasteiger partial charge in [-0.05, 0) is 59.0 Å². The Bertz CT molecular complexity index is 1090. The third-order valence-corrected chi connectivity index (χ3v) is 6.26. The Morgan fingerprint density at radius 3 is 2.66 bits per heavy atom. The average molecular weight is 440 g/mol. The van der Waals surface area contributed by atoms with E-state index < -0.39 is 0 Å². The van der Waals surface area contributed by atoms with E-state index in [0.29, 0.717) is 24.5 Å². The third-order valence-electron chi connectivity index (χ3n) is 6.26. The Morgan fingerprint density at radius 2 is 1.94 bits per heavy atom. The molecule has 1 N–H and O–H groups in total. The number of tetrazole rings is 1. The number of methoxy groups -OCH3 is 1. The van der Waals surface area contributed by atoms with E-state index in [9.17, 15) is 4.79 Å². The Kier molecular flexibility index (Phi) is 7.29. The Hall–Kier alpha value is -2.62. The molecule has 1 fully saturated rings. The molecule has 1 aliphatic heterocycles. The van der Waals surface area contributed by atoms with Gasteiger partial charge in [-0.2, -0.15) is 0 Å². The molecule has 1 aromatic carbocycles. The van der Waals surface area contributed by atoms with Crippen molar-refractivity contribution in [2.24, 2.45) is 0 Å². The van der Waals surface area contributed by atoms with Crippen molar-refractivity contribution in [3.05, 3.63) is 51.6 Å². The number of H-pyrrole nitrogens is 1. The van der Waals surface area contributed by atoms with Gasteiger partial charge in [0.2, 0.25) is 0 Å². The SMILES string of the molecule is CCCN1CCN(C(c2cc3cc(CC)ccc3[nH]c2=O)c2nnnn2CCOC)CC1. The van der Waals surface area contributed by atoms with E-state index >= 15 is 0 Å². The number of hydrogen-bond acceptors (Lipinski definition) is 7. The first-order chi connectivity index (χ1) is 15.6. The van der Waals surface area contributed by atoms with Crippen LogP contribution in [0.4, 0.5) is 0 Å². The summed E-state index contributed by atoms with van der Waals surface area (Å²) in [5.74, 6) is 0.683. The summed E-state index contributed by atoms with van der Waals surface area (Å²) in [6.45, 7) is 10.1. The molecule has 4 rings (SSSR count). The van der Waals surface area contributed by atoms with Crippen molar-refractivity contribution in [1.82, 2.24) is 35.0 Å². The van der Waals surface area contributed by atoms with Gasteiger partial charge in [0.15, 0.2) is 5.82 Å². The van der Waals surface area contributed by atoms with Gasteiger partial charge in [-0.1, -0.05) is 19.9 Å². The molecule has 0 radical (unpaired) electrons. The van der Waals surface area contributed by atoms with Crippen LogP contribution in [0.15, 0.2) is 29.1 Å². The highest BCUT2D eigenvalue weighted by Gasteiger charge is 2.32. The molecule has 0 saturated carbocycles. The minimum atomic E-state index is -0.316. The quantitative estimate of drug-likeness (QED) is 0.544. The Morgan fingerprint density at radius 1 is 1.12 bits per heavy atom. The molecule has 0 aliphatic carbocycles. The van der Waals surface area contributed by atoms with Crippen LogP contribution in [0.5, 0.6) is 0 Å². The number of fused-ring (bicyclic) bond motifs is 1. The first-order valence-electron chi connectivity index (χ1n) is 11.5. The maximum Gasteiger partial charge on any atom is 0.253 e. The third kappa shape index (κ3) is 4.74. The van der Waals surface area contributed by atoms with Crippen LogP contribution in [0, 0.1) is 0 Å². The summed E-state index contributed by atoms with van der Waals surface area (Å²) in [4.78, 5) is 21.2. The minimum absolute atomic E-state index is 0.0935. The number of hydrogen-bond donors (Lipinski definition) is 1. The van der Waals surface area contributed by atoms with Crippen molar-refractivity contribution in [2.45, 2.75) is 39.3 Å². The van der Waals surface area contributed by atoms with Gasteiger partial charge in [-0.25, -0.2) is 4.68 Å². The van der Waals surface area contributed by atoms with Crippen molar-refractivity contribution in [2.75, 3.05) is 46.4 Å². The van der Waals surface area contributed by atoms with Crippen molar-refractivity contribution < 1.29 is 4.74 Å². The zero-order valence-electron chi connectivity index (χ0n) is 19.3. The molecule has 1 aliphatic rings. The molecule has 9 nitrogen and oxygen atoms in total. The summed E-state index contributed by atoms with van der Waals surface area (Å²) >= 11 is 0. The highest BCUT2D eigenvalue weighted by Crippen LogP contribution is 2.28. The second-order valence-corrected chi connectivity index (χ2v) is 8.36. The van der Waals surface area contributed by atoms with E-state index in [-0.39, 0.29) is 11.6 Å². The molecule has 3 aromatic rings. The first-order valence-corrected chi connectivity index (χ1v) is 11.5. The van der Waals surface area contributed by atoms with Crippen LogP contribution in [0.2, 0.25) is 0 Å². The number of aryl methyl sites for hydroxylation is 1. The van der Waals surface area contributed by atoms with Gasteiger partial charge in [-0.15, -0.1) is 5.10 Å². The molecule has 3 heterocycles. The van der Waals surface area contributed by atoms with Crippen LogP contribution in [0.25, 0.3) is 10.9 Å². The number of pyridine rings is 1. The predicted octanol–water partition coefficient (Wildman–Crippen LogP) is 1.84. The lowest BCUT2D eigenvalue weighted by atomic mass is 10.0. The van der Waals surface area contributed by atoms with Crippen LogP contribution < -0.4 is 5.56 Å². The number of ether oxygens (including phenoxy) is 1. The smallest absolute Gasteiger partial charge is 0.253 e. The van der Waals surface area contributed by atoms with Crippen molar-refractivity contribution in [3.63, 3.8) is 0 Å². The fraction of sp³-hybridized carbons (Fsp3) is 0.565. The normalized spacial score (nSPS) is 16.6. The van der Waals surface area contributed by atoms with E-state index in [1.54, 1.807) is 11.8 Å². The van der Waals surface area contributed by atoms with Crippen LogP contribution in [-0.4, -0.2) is 81.4 Å². The van der Waals surface area contributed by atoms with Gasteiger partial charge in [0.05, 0.1) is 13.2 Å². The largest absolute Gasteiger partial charge is 0.383 e. The maximum absolute atomic E-state index is 13.3. The highest BCUT2D eigenvalue weighted by molar-refractivity contribution is 5.80. The molecule has 9 heteroatoms. The van der Waals surface area contributed by atoms with E-state index in [1.165, 1.54) is 5.56 Å². The lowest BCUT2D eigenvalue weighted by Crippen LogP contribution is -2.49. The van der Waals surface area contributed by atoms with Gasteiger partial charge in [0.25, 0.3) is 5.56 Å². The van der Waals surface area contributed by atoms with Crippen molar-refractivity contribution in [3.8, 4) is 0 Å². The Labute approximate surface area is 188 Å². The molecule has 32 heavy (non-hydrogen) atoms. The maximum atomic E-state index is 13.3. The molecular formula is C23H33N7O2. The fourth-order valence-electron chi connectivity index (χ4n) is 4.50. The number of nitrogens with zero attached hydrogens (tertiary/aromatic N) is 6. The topological polar surface area (TPSA) is 92.2 Å². The number of rotatable bonds is 9. The summed E-state index contributed by atoms with van der Waals surface area (Å²) < 4.78 is 7.01. The van der Waals surface area contributed by atoms with Crippen LogP contribution in [0.3, 0.4) is 0 Å². The molecule has 0 amide bonds. The average Bonchev–Trinajstić information content (AvgIpc) is 3.27. The summed E-state index contributed by atoms with van der Waals surface area (Å²) in [5.41, 5.74) is 2.68. The summed E-state index contributed by atoms with van der Waals surface area (Å²) in [5, 5.41) is 13.5. The number of aromatic amines is 1. The molecular weight excluding hydrogens is 406 g/mol. The van der Waals surface area contributed by atoms with E-state index in [0.717, 1.165) is 56.5 Å². The monoisotopic (exact) mass is 439 g/mol. The Balaban J connectivity index is 1.77. The van der Waals surface area contributed by atoms with E-state index in [4.69, 9.17) is 4.74 Å². The molecule has 2 aromatic heterocycles. The lowest BCUT2D eigenvalue weighted by Gasteiger charge is -2.38. The predicted molar refractivity (Wildman–Crippen MR) is 124 cm³/mol. The van der Waals surface area contributed by atoms with E-state index in [1.807, 2.05) is 12.1 Å². The zero-order chi connectivity index (χ0) is 22.5. The number of benzene rings is 1. The van der Waals surface area contributed by atoms with Crippen molar-refractivity contribution >= 4 is 10.9 Å². The molecule has 1 atom stereocenters. The van der Waals surface area contributed by atoms with Crippen molar-refractivity contribution in [1.29, 1.82) is 0 Å². The molecule has 1 unspecified atom stereocenters. The molecule has 1 saturated heterocycles. The molecule has 0 bridgehead atoms. The van der Waals surface area contributed by atoms with Gasteiger partial charge in [-0.3, -0.25) is 9.69 Å². The number of aromatic nitrogens is 5. The van der Waals surface area contributed by atoms with Gasteiger partial charge in [0.1, 0.15) is 6.04 Å². The van der Waals surface area contributed by atoms with Gasteiger partial charge in [0, 0.05) is 44.4 Å². The number of piperazine rings is 1. The summed E-state index contributed by atoms with van der Waals surface area (Å²) in [6, 6.07) is 7.91. The van der Waals surface area contributed by atoms with Gasteiger partial charge >= 0.3 is 0 Å². The van der Waals surface area contributed by atoms with Crippen LogP contribution in [0.1, 0.15) is 43.3 Å². The first kappa shape index (κ1) is 22.6.